The molecule has 164 valence electrons. The molecule has 32 heavy (non-hydrogen) atoms. The van der Waals surface area contributed by atoms with Crippen molar-refractivity contribution in [2.75, 3.05) is 16.9 Å². The van der Waals surface area contributed by atoms with Crippen LogP contribution in [0.2, 0.25) is 5.02 Å². The molecule has 2 amide bonds. The number of nitrogens with one attached hydrogen (secondary N) is 2. The van der Waals surface area contributed by atoms with Gasteiger partial charge in [0, 0.05) is 23.6 Å². The highest BCUT2D eigenvalue weighted by molar-refractivity contribution is 7.90. The summed E-state index contributed by atoms with van der Waals surface area (Å²) in [7, 11) is -3.43. The van der Waals surface area contributed by atoms with Gasteiger partial charge in [0.2, 0.25) is 5.91 Å². The van der Waals surface area contributed by atoms with Gasteiger partial charge >= 0.3 is 0 Å². The van der Waals surface area contributed by atoms with Crippen LogP contribution >= 0.6 is 11.6 Å². The number of hydrogen-bond donors (Lipinski definition) is 2. The molecule has 0 saturated heterocycles. The lowest BCUT2D eigenvalue weighted by molar-refractivity contribution is -0.111. The molecule has 6 nitrogen and oxygen atoms in total. The number of halogens is 1. The smallest absolute Gasteiger partial charge is 0.255 e. The summed E-state index contributed by atoms with van der Waals surface area (Å²) in [6.45, 7) is 1.97. The lowest BCUT2D eigenvalue weighted by Gasteiger charge is -2.10. The Bertz CT molecular complexity index is 1320. The third-order valence-corrected chi connectivity index (χ3v) is 5.90. The van der Waals surface area contributed by atoms with Crippen molar-refractivity contribution in [3.8, 4) is 0 Å². The third-order valence-electron chi connectivity index (χ3n) is 4.48. The van der Waals surface area contributed by atoms with E-state index in [0.717, 1.165) is 17.4 Å². The number of aryl methyl sites for hydroxylation is 1. The highest BCUT2D eigenvalue weighted by atomic mass is 35.5. The number of carbonyl (C=O) groups excluding carboxylic acids is 2. The summed E-state index contributed by atoms with van der Waals surface area (Å²) in [6, 6.07) is 18.1. The molecule has 0 radical (unpaired) electrons. The minimum absolute atomic E-state index is 0.0491. The van der Waals surface area contributed by atoms with Gasteiger partial charge in [-0.25, -0.2) is 8.42 Å². The minimum atomic E-state index is -3.43. The van der Waals surface area contributed by atoms with E-state index in [1.165, 1.54) is 36.4 Å². The Hall–Kier alpha value is -3.42. The number of amides is 2. The van der Waals surface area contributed by atoms with Gasteiger partial charge in [0.15, 0.2) is 9.84 Å². The highest BCUT2D eigenvalue weighted by Gasteiger charge is 2.13. The molecule has 0 bridgehead atoms. The van der Waals surface area contributed by atoms with Crippen molar-refractivity contribution in [3.63, 3.8) is 0 Å². The zero-order valence-corrected chi connectivity index (χ0v) is 19.0. The molecule has 0 aliphatic carbocycles. The fraction of sp³-hybridized carbons (Fsp3) is 0.0833. The largest absolute Gasteiger partial charge is 0.322 e. The van der Waals surface area contributed by atoms with Crippen molar-refractivity contribution in [2.24, 2.45) is 0 Å². The van der Waals surface area contributed by atoms with Gasteiger partial charge in [-0.2, -0.15) is 0 Å². The van der Waals surface area contributed by atoms with Crippen molar-refractivity contribution >= 4 is 50.7 Å². The van der Waals surface area contributed by atoms with Crippen LogP contribution < -0.4 is 10.6 Å². The zero-order chi connectivity index (χ0) is 23.3. The van der Waals surface area contributed by atoms with Crippen LogP contribution in [0.15, 0.2) is 77.7 Å². The Balaban J connectivity index is 1.67. The Labute approximate surface area is 191 Å². The van der Waals surface area contributed by atoms with Crippen molar-refractivity contribution in [2.45, 2.75) is 11.8 Å². The SMILES string of the molecule is Cc1cccc(/C=C/C(=O)Nc2ccc(NC(=O)c3cccc(S(C)(=O)=O)c3)c(Cl)c2)c1. The van der Waals surface area contributed by atoms with E-state index in [4.69, 9.17) is 11.6 Å². The summed E-state index contributed by atoms with van der Waals surface area (Å²) in [5, 5.41) is 5.58. The van der Waals surface area contributed by atoms with Gasteiger partial charge < -0.3 is 10.6 Å². The fourth-order valence-electron chi connectivity index (χ4n) is 2.89. The van der Waals surface area contributed by atoms with E-state index in [2.05, 4.69) is 10.6 Å². The Morgan fingerprint density at radius 1 is 0.938 bits per heavy atom. The molecule has 0 aliphatic heterocycles. The van der Waals surface area contributed by atoms with Crippen molar-refractivity contribution in [1.29, 1.82) is 0 Å². The second kappa shape index (κ2) is 9.80. The molecule has 2 N–H and O–H groups in total. The number of rotatable bonds is 6. The van der Waals surface area contributed by atoms with Crippen molar-refractivity contribution in [1.82, 2.24) is 0 Å². The molecule has 3 aromatic rings. The second-order valence-electron chi connectivity index (χ2n) is 7.19. The predicted octanol–water partition coefficient (Wildman–Crippen LogP) is 4.96. The molecular formula is C24H21ClN2O4S. The summed E-state index contributed by atoms with van der Waals surface area (Å²) >= 11 is 6.26. The first-order chi connectivity index (χ1) is 15.1. The van der Waals surface area contributed by atoms with Crippen LogP contribution in [-0.2, 0) is 14.6 Å². The zero-order valence-electron chi connectivity index (χ0n) is 17.4. The lowest BCUT2D eigenvalue weighted by atomic mass is 10.1. The number of benzene rings is 3. The maximum atomic E-state index is 12.5. The van der Waals surface area contributed by atoms with Crippen LogP contribution in [0.4, 0.5) is 11.4 Å². The van der Waals surface area contributed by atoms with E-state index >= 15 is 0 Å². The average Bonchev–Trinajstić information content (AvgIpc) is 2.74. The number of carbonyl (C=O) groups is 2. The third kappa shape index (κ3) is 6.29. The van der Waals surface area contributed by atoms with E-state index in [1.54, 1.807) is 18.2 Å². The first-order valence-electron chi connectivity index (χ1n) is 9.58. The summed E-state index contributed by atoms with van der Waals surface area (Å²) in [4.78, 5) is 24.7. The van der Waals surface area contributed by atoms with Gasteiger partial charge in [-0.15, -0.1) is 0 Å². The highest BCUT2D eigenvalue weighted by Crippen LogP contribution is 2.26. The van der Waals surface area contributed by atoms with E-state index in [9.17, 15) is 18.0 Å². The van der Waals surface area contributed by atoms with E-state index < -0.39 is 15.7 Å². The Morgan fingerprint density at radius 3 is 2.38 bits per heavy atom. The molecule has 3 aromatic carbocycles. The van der Waals surface area contributed by atoms with Gasteiger partial charge in [-0.3, -0.25) is 9.59 Å². The van der Waals surface area contributed by atoms with Crippen LogP contribution in [0, 0.1) is 6.92 Å². The molecule has 0 saturated carbocycles. The first kappa shape index (κ1) is 23.2. The molecule has 0 aromatic heterocycles. The Kier molecular flexibility index (Phi) is 7.12. The molecule has 0 atom stereocenters. The first-order valence-corrected chi connectivity index (χ1v) is 11.9. The molecule has 0 spiro atoms. The van der Waals surface area contributed by atoms with E-state index in [-0.39, 0.29) is 21.4 Å². The van der Waals surface area contributed by atoms with Crippen LogP contribution in [0.3, 0.4) is 0 Å². The second-order valence-corrected chi connectivity index (χ2v) is 9.61. The topological polar surface area (TPSA) is 92.3 Å². The van der Waals surface area contributed by atoms with Crippen LogP contribution in [0.25, 0.3) is 6.08 Å². The quantitative estimate of drug-likeness (QED) is 0.500. The number of anilines is 2. The molecule has 0 unspecified atom stereocenters. The maximum Gasteiger partial charge on any atom is 0.255 e. The Morgan fingerprint density at radius 2 is 1.69 bits per heavy atom. The molecular weight excluding hydrogens is 448 g/mol. The van der Waals surface area contributed by atoms with E-state index in [1.807, 2.05) is 31.2 Å². The molecule has 8 heteroatoms. The number of hydrogen-bond acceptors (Lipinski definition) is 4. The van der Waals surface area contributed by atoms with Gasteiger partial charge in [0.1, 0.15) is 0 Å². The standard InChI is InChI=1S/C24H21ClN2O4S/c1-16-5-3-6-17(13-16)9-12-23(28)26-19-10-11-22(21(25)15-19)27-24(29)18-7-4-8-20(14-18)32(2,30)31/h3-15H,1-2H3,(H,26,28)(H,27,29)/b12-9+. The van der Waals surface area contributed by atoms with Crippen LogP contribution in [0.5, 0.6) is 0 Å². The molecule has 0 heterocycles. The summed E-state index contributed by atoms with van der Waals surface area (Å²) < 4.78 is 23.4. The summed E-state index contributed by atoms with van der Waals surface area (Å²) in [5.41, 5.74) is 2.99. The number of sulfone groups is 1. The summed E-state index contributed by atoms with van der Waals surface area (Å²) in [6.07, 6.45) is 4.21. The van der Waals surface area contributed by atoms with Crippen molar-refractivity contribution < 1.29 is 18.0 Å². The molecule has 3 rings (SSSR count). The van der Waals surface area contributed by atoms with Gasteiger partial charge in [0.25, 0.3) is 5.91 Å². The van der Waals surface area contributed by atoms with Crippen LogP contribution in [-0.4, -0.2) is 26.5 Å². The molecule has 0 fully saturated rings. The predicted molar refractivity (Wildman–Crippen MR) is 128 cm³/mol. The van der Waals surface area contributed by atoms with E-state index in [0.29, 0.717) is 11.4 Å². The van der Waals surface area contributed by atoms with Crippen molar-refractivity contribution in [3.05, 3.63) is 94.5 Å². The summed E-state index contributed by atoms with van der Waals surface area (Å²) in [5.74, 6) is -0.827. The monoisotopic (exact) mass is 468 g/mol. The fourth-order valence-corrected chi connectivity index (χ4v) is 3.78. The van der Waals surface area contributed by atoms with Gasteiger partial charge in [0.05, 0.1) is 15.6 Å². The van der Waals surface area contributed by atoms with Crippen LogP contribution in [0.1, 0.15) is 21.5 Å². The lowest BCUT2D eigenvalue weighted by Crippen LogP contribution is -2.13. The van der Waals surface area contributed by atoms with Gasteiger partial charge in [-0.05, 0) is 55.0 Å². The normalized spacial score (nSPS) is 11.3. The maximum absolute atomic E-state index is 12.5. The molecule has 0 aliphatic rings. The van der Waals surface area contributed by atoms with Gasteiger partial charge in [-0.1, -0.05) is 47.5 Å². The average molecular weight is 469 g/mol. The minimum Gasteiger partial charge on any atom is -0.322 e.